The quantitative estimate of drug-likeness (QED) is 0.900. The topological polar surface area (TPSA) is 26.0 Å². The average molecular weight is 330 g/mol. The zero-order valence-corrected chi connectivity index (χ0v) is 14.5. The molecule has 1 unspecified atom stereocenters. The van der Waals surface area contributed by atoms with Gasteiger partial charge >= 0.3 is 0 Å². The Morgan fingerprint density at radius 3 is 2.48 bits per heavy atom. The van der Waals surface area contributed by atoms with E-state index in [2.05, 4.69) is 39.0 Å². The van der Waals surface area contributed by atoms with Gasteiger partial charge in [-0.05, 0) is 39.0 Å². The van der Waals surface area contributed by atoms with Crippen molar-refractivity contribution in [2.24, 2.45) is 10.4 Å². The molecular weight excluding hydrogens is 308 g/mol. The molecule has 1 N–H and O–H groups in total. The number of halogens is 1. The van der Waals surface area contributed by atoms with Crippen molar-refractivity contribution in [3.63, 3.8) is 0 Å². The number of quaternary nitrogens is 1. The SMILES string of the molecule is CC(C)(C)C1=Nc2ccccc2[NH+]1CCOc1ccccc1Cl. The van der Waals surface area contributed by atoms with Crippen molar-refractivity contribution in [3.05, 3.63) is 53.6 Å². The zero-order chi connectivity index (χ0) is 16.4. The van der Waals surface area contributed by atoms with Gasteiger partial charge in [-0.25, -0.2) is 0 Å². The molecule has 0 aliphatic carbocycles. The summed E-state index contributed by atoms with van der Waals surface area (Å²) < 4.78 is 5.87. The van der Waals surface area contributed by atoms with Crippen LogP contribution in [0.25, 0.3) is 0 Å². The Bertz CT molecular complexity index is 734. The molecule has 0 saturated heterocycles. The number of benzene rings is 2. The van der Waals surface area contributed by atoms with Crippen LogP contribution in [0.1, 0.15) is 20.8 Å². The Morgan fingerprint density at radius 2 is 1.74 bits per heavy atom. The van der Waals surface area contributed by atoms with Gasteiger partial charge in [0.05, 0.1) is 10.4 Å². The number of fused-ring (bicyclic) bond motifs is 1. The summed E-state index contributed by atoms with van der Waals surface area (Å²) in [5.74, 6) is 1.89. The van der Waals surface area contributed by atoms with E-state index in [0.29, 0.717) is 11.6 Å². The van der Waals surface area contributed by atoms with E-state index < -0.39 is 0 Å². The molecule has 3 nitrogen and oxygen atoms in total. The first-order valence-electron chi connectivity index (χ1n) is 7.89. The van der Waals surface area contributed by atoms with Crippen molar-refractivity contribution in [3.8, 4) is 5.75 Å². The summed E-state index contributed by atoms with van der Waals surface area (Å²) in [6, 6.07) is 15.9. The van der Waals surface area contributed by atoms with Crippen LogP contribution in [0.2, 0.25) is 5.02 Å². The predicted molar refractivity (Wildman–Crippen MR) is 95.4 cm³/mol. The van der Waals surface area contributed by atoms with E-state index in [1.165, 1.54) is 10.6 Å². The summed E-state index contributed by atoms with van der Waals surface area (Å²) in [5.41, 5.74) is 2.30. The number of para-hydroxylation sites is 3. The molecule has 120 valence electrons. The fourth-order valence-electron chi connectivity index (χ4n) is 2.84. The highest BCUT2D eigenvalue weighted by atomic mass is 35.5. The first-order valence-corrected chi connectivity index (χ1v) is 8.27. The van der Waals surface area contributed by atoms with E-state index in [1.807, 2.05) is 30.3 Å². The van der Waals surface area contributed by atoms with E-state index in [9.17, 15) is 0 Å². The van der Waals surface area contributed by atoms with E-state index >= 15 is 0 Å². The lowest BCUT2D eigenvalue weighted by atomic mass is 9.94. The molecule has 0 fully saturated rings. The minimum absolute atomic E-state index is 0.0126. The van der Waals surface area contributed by atoms with Crippen LogP contribution >= 0.6 is 11.6 Å². The van der Waals surface area contributed by atoms with Crippen LogP contribution in [-0.4, -0.2) is 19.0 Å². The van der Waals surface area contributed by atoms with Gasteiger partial charge in [0.2, 0.25) is 5.84 Å². The van der Waals surface area contributed by atoms with Crippen LogP contribution in [0.5, 0.6) is 5.75 Å². The number of ether oxygens (including phenoxy) is 1. The van der Waals surface area contributed by atoms with Gasteiger partial charge in [0.1, 0.15) is 24.6 Å². The predicted octanol–water partition coefficient (Wildman–Crippen LogP) is 4.03. The second-order valence-electron chi connectivity index (χ2n) is 6.73. The maximum absolute atomic E-state index is 6.15. The molecule has 0 saturated carbocycles. The van der Waals surface area contributed by atoms with Crippen LogP contribution in [-0.2, 0) is 0 Å². The Hall–Kier alpha value is -1.84. The van der Waals surface area contributed by atoms with E-state index in [0.717, 1.165) is 23.8 Å². The Balaban J connectivity index is 1.75. The van der Waals surface area contributed by atoms with Crippen molar-refractivity contribution in [2.45, 2.75) is 20.8 Å². The van der Waals surface area contributed by atoms with Gasteiger partial charge in [-0.3, -0.25) is 4.90 Å². The lowest BCUT2D eigenvalue weighted by molar-refractivity contribution is -0.733. The fourth-order valence-corrected chi connectivity index (χ4v) is 3.03. The Labute approximate surface area is 142 Å². The van der Waals surface area contributed by atoms with Gasteiger partial charge in [-0.15, -0.1) is 0 Å². The van der Waals surface area contributed by atoms with Gasteiger partial charge < -0.3 is 4.74 Å². The molecule has 23 heavy (non-hydrogen) atoms. The van der Waals surface area contributed by atoms with Gasteiger partial charge in [0.15, 0.2) is 5.69 Å². The van der Waals surface area contributed by atoms with Crippen LogP contribution < -0.4 is 9.64 Å². The fraction of sp³-hybridized carbons (Fsp3) is 0.316. The normalized spacial score (nSPS) is 16.9. The lowest BCUT2D eigenvalue weighted by Crippen LogP contribution is -3.11. The van der Waals surface area contributed by atoms with Gasteiger partial charge in [-0.2, -0.15) is 4.99 Å². The van der Waals surface area contributed by atoms with Crippen LogP contribution in [0.3, 0.4) is 0 Å². The molecule has 3 rings (SSSR count). The molecule has 0 radical (unpaired) electrons. The van der Waals surface area contributed by atoms with Gasteiger partial charge in [0.25, 0.3) is 0 Å². The van der Waals surface area contributed by atoms with Crippen LogP contribution in [0.15, 0.2) is 53.5 Å². The summed E-state index contributed by atoms with van der Waals surface area (Å²) in [7, 11) is 0. The number of nitrogens with zero attached hydrogens (tertiary/aromatic N) is 1. The summed E-state index contributed by atoms with van der Waals surface area (Å²) in [4.78, 5) is 6.12. The second kappa shape index (κ2) is 6.34. The highest BCUT2D eigenvalue weighted by Gasteiger charge is 2.37. The zero-order valence-electron chi connectivity index (χ0n) is 13.8. The molecular formula is C19H22ClN2O+. The molecule has 1 heterocycles. The summed E-state index contributed by atoms with van der Waals surface area (Å²) in [6.45, 7) is 8.01. The lowest BCUT2D eigenvalue weighted by Gasteiger charge is -2.24. The molecule has 0 amide bonds. The molecule has 0 spiro atoms. The number of hydrogen-bond donors (Lipinski definition) is 1. The minimum Gasteiger partial charge on any atom is -0.486 e. The maximum Gasteiger partial charge on any atom is 0.212 e. The molecule has 2 aromatic carbocycles. The molecule has 2 aromatic rings. The number of rotatable bonds is 4. The highest BCUT2D eigenvalue weighted by molar-refractivity contribution is 6.32. The highest BCUT2D eigenvalue weighted by Crippen LogP contribution is 2.29. The average Bonchev–Trinajstić information content (AvgIpc) is 2.88. The third kappa shape index (κ3) is 3.41. The van der Waals surface area contributed by atoms with Crippen molar-refractivity contribution < 1.29 is 9.64 Å². The van der Waals surface area contributed by atoms with Gasteiger partial charge in [0, 0.05) is 6.07 Å². The van der Waals surface area contributed by atoms with E-state index in [-0.39, 0.29) is 5.41 Å². The Morgan fingerprint density at radius 1 is 1.04 bits per heavy atom. The van der Waals surface area contributed by atoms with Crippen molar-refractivity contribution in [2.75, 3.05) is 13.2 Å². The molecule has 1 aliphatic rings. The molecule has 1 aliphatic heterocycles. The Kier molecular flexibility index (Phi) is 4.42. The van der Waals surface area contributed by atoms with E-state index in [1.54, 1.807) is 0 Å². The number of amidine groups is 1. The minimum atomic E-state index is 0.0126. The molecule has 0 aromatic heterocycles. The molecule has 0 bridgehead atoms. The summed E-state index contributed by atoms with van der Waals surface area (Å²) in [5, 5.41) is 0.647. The standard InChI is InChI=1S/C19H21ClN2O/c1-19(2,3)18-21-15-9-5-6-10-16(15)22(18)12-13-23-17-11-7-4-8-14(17)20/h4-11H,12-13H2,1-3H3/p+1. The second-order valence-corrected chi connectivity index (χ2v) is 7.14. The first kappa shape index (κ1) is 16.0. The first-order chi connectivity index (χ1) is 11.0. The van der Waals surface area contributed by atoms with Gasteiger partial charge in [-0.1, -0.05) is 35.9 Å². The number of aliphatic imine (C=N–C) groups is 1. The van der Waals surface area contributed by atoms with E-state index in [4.69, 9.17) is 21.3 Å². The van der Waals surface area contributed by atoms with Crippen molar-refractivity contribution >= 4 is 28.8 Å². The third-order valence-electron chi connectivity index (χ3n) is 3.90. The number of hydrogen-bond acceptors (Lipinski definition) is 2. The summed E-state index contributed by atoms with van der Waals surface area (Å²) in [6.07, 6.45) is 0. The van der Waals surface area contributed by atoms with Crippen LogP contribution in [0.4, 0.5) is 11.4 Å². The molecule has 4 heteroatoms. The molecule has 1 atom stereocenters. The van der Waals surface area contributed by atoms with Crippen LogP contribution in [0, 0.1) is 5.41 Å². The smallest absolute Gasteiger partial charge is 0.212 e. The third-order valence-corrected chi connectivity index (χ3v) is 4.22. The largest absolute Gasteiger partial charge is 0.486 e. The maximum atomic E-state index is 6.15. The van der Waals surface area contributed by atoms with Crippen molar-refractivity contribution in [1.29, 1.82) is 0 Å². The monoisotopic (exact) mass is 329 g/mol. The summed E-state index contributed by atoms with van der Waals surface area (Å²) >= 11 is 6.15. The number of nitrogens with one attached hydrogen (secondary N) is 1. The van der Waals surface area contributed by atoms with Crippen molar-refractivity contribution in [1.82, 2.24) is 0 Å².